The Morgan fingerprint density at radius 2 is 1.88 bits per heavy atom. The molecule has 2 unspecified atom stereocenters. The van der Waals surface area contributed by atoms with Crippen LogP contribution < -0.4 is 5.32 Å². The number of thioether (sulfide) groups is 1. The topological polar surface area (TPSA) is 15.3 Å². The number of hydrogen-bond acceptors (Lipinski definition) is 3. The summed E-state index contributed by atoms with van der Waals surface area (Å²) in [7, 11) is 2.28. The molecule has 0 fully saturated rings. The number of nitrogens with zero attached hydrogens (tertiary/aromatic N) is 1. The maximum atomic E-state index is 3.53. The minimum atomic E-state index is 0.673. The quantitative estimate of drug-likeness (QED) is 0.608. The molecule has 0 aliphatic rings. The Balaban J connectivity index is 3.82. The Hall–Kier alpha value is 0.270. The highest BCUT2D eigenvalue weighted by Gasteiger charge is 2.17. The Morgan fingerprint density at radius 3 is 2.35 bits per heavy atom. The van der Waals surface area contributed by atoms with Crippen LogP contribution in [0.3, 0.4) is 0 Å². The van der Waals surface area contributed by atoms with Gasteiger partial charge in [-0.25, -0.2) is 0 Å². The van der Waals surface area contributed by atoms with Crippen LogP contribution in [0.4, 0.5) is 0 Å². The van der Waals surface area contributed by atoms with Crippen molar-refractivity contribution >= 4 is 11.8 Å². The molecule has 104 valence electrons. The maximum Gasteiger partial charge on any atom is 0.0183 e. The molecule has 0 aliphatic carbocycles. The van der Waals surface area contributed by atoms with Gasteiger partial charge in [0.05, 0.1) is 0 Å². The predicted molar refractivity (Wildman–Crippen MR) is 82.0 cm³/mol. The van der Waals surface area contributed by atoms with Crippen molar-refractivity contribution < 1.29 is 0 Å². The van der Waals surface area contributed by atoms with Crippen LogP contribution in [0.1, 0.15) is 40.5 Å². The van der Waals surface area contributed by atoms with Crippen molar-refractivity contribution in [3.63, 3.8) is 0 Å². The average molecular weight is 260 g/mol. The summed E-state index contributed by atoms with van der Waals surface area (Å²) in [5.74, 6) is 2.00. The number of rotatable bonds is 10. The van der Waals surface area contributed by atoms with E-state index in [0.29, 0.717) is 6.04 Å². The van der Waals surface area contributed by atoms with Gasteiger partial charge in [0.25, 0.3) is 0 Å². The van der Waals surface area contributed by atoms with Crippen molar-refractivity contribution in [2.45, 2.75) is 52.6 Å². The fourth-order valence-corrected chi connectivity index (χ4v) is 2.84. The predicted octanol–water partition coefficient (Wildman–Crippen LogP) is 3.08. The summed E-state index contributed by atoms with van der Waals surface area (Å²) in [6, 6.07) is 1.40. The Kier molecular flexibility index (Phi) is 10.4. The molecule has 17 heavy (non-hydrogen) atoms. The molecule has 1 N–H and O–H groups in total. The van der Waals surface area contributed by atoms with Gasteiger partial charge in [-0.1, -0.05) is 20.8 Å². The second-order valence-corrected chi connectivity index (χ2v) is 6.33. The Bertz CT molecular complexity index is 174. The van der Waals surface area contributed by atoms with Crippen LogP contribution in [0.5, 0.6) is 0 Å². The van der Waals surface area contributed by atoms with Crippen molar-refractivity contribution in [3.8, 4) is 0 Å². The standard InChI is InChI=1S/C14H32N2S/c1-7-14(11-17-6)16(5)13(4)8-9-15-10-12(2)3/h12-15H,7-11H2,1-6H3. The van der Waals surface area contributed by atoms with E-state index in [-0.39, 0.29) is 0 Å². The third-order valence-corrected chi connectivity index (χ3v) is 4.11. The van der Waals surface area contributed by atoms with E-state index in [0.717, 1.165) is 25.0 Å². The molecule has 0 saturated heterocycles. The van der Waals surface area contributed by atoms with E-state index in [4.69, 9.17) is 0 Å². The van der Waals surface area contributed by atoms with Gasteiger partial charge in [-0.3, -0.25) is 4.90 Å². The molecular weight excluding hydrogens is 228 g/mol. The van der Waals surface area contributed by atoms with Gasteiger partial charge in [-0.05, 0) is 52.1 Å². The molecule has 0 aromatic rings. The molecule has 0 rings (SSSR count). The van der Waals surface area contributed by atoms with Crippen LogP contribution in [0.25, 0.3) is 0 Å². The summed E-state index contributed by atoms with van der Waals surface area (Å²) in [5, 5.41) is 3.53. The SMILES string of the molecule is CCC(CSC)N(C)C(C)CCNCC(C)C. The van der Waals surface area contributed by atoms with Crippen molar-refractivity contribution in [2.24, 2.45) is 5.92 Å². The zero-order valence-corrected chi connectivity index (χ0v) is 13.4. The number of nitrogens with one attached hydrogen (secondary N) is 1. The van der Waals surface area contributed by atoms with E-state index in [2.05, 4.69) is 51.2 Å². The Morgan fingerprint density at radius 1 is 1.24 bits per heavy atom. The monoisotopic (exact) mass is 260 g/mol. The van der Waals surface area contributed by atoms with E-state index < -0.39 is 0 Å². The van der Waals surface area contributed by atoms with E-state index in [9.17, 15) is 0 Å². The van der Waals surface area contributed by atoms with E-state index in [1.807, 2.05) is 11.8 Å². The summed E-state index contributed by atoms with van der Waals surface area (Å²) < 4.78 is 0. The zero-order valence-electron chi connectivity index (χ0n) is 12.6. The van der Waals surface area contributed by atoms with Gasteiger partial charge in [-0.15, -0.1) is 0 Å². The lowest BCUT2D eigenvalue weighted by atomic mass is 10.1. The van der Waals surface area contributed by atoms with Gasteiger partial charge in [0.15, 0.2) is 0 Å². The molecule has 0 heterocycles. The first-order chi connectivity index (χ1) is 8.02. The third-order valence-electron chi connectivity index (χ3n) is 3.39. The molecule has 0 aromatic carbocycles. The molecule has 2 atom stereocenters. The first-order valence-corrected chi connectivity index (χ1v) is 8.33. The second kappa shape index (κ2) is 10.2. The molecule has 0 aliphatic heterocycles. The fourth-order valence-electron chi connectivity index (χ4n) is 1.98. The fraction of sp³-hybridized carbons (Fsp3) is 1.00. The molecule has 0 aromatic heterocycles. The minimum absolute atomic E-state index is 0.673. The maximum absolute atomic E-state index is 3.53. The lowest BCUT2D eigenvalue weighted by Gasteiger charge is -2.32. The van der Waals surface area contributed by atoms with Crippen LogP contribution >= 0.6 is 11.8 Å². The lowest BCUT2D eigenvalue weighted by molar-refractivity contribution is 0.185. The molecular formula is C14H32N2S. The van der Waals surface area contributed by atoms with Gasteiger partial charge in [0.1, 0.15) is 0 Å². The molecule has 0 bridgehead atoms. The van der Waals surface area contributed by atoms with Crippen LogP contribution in [0.15, 0.2) is 0 Å². The molecule has 0 amide bonds. The average Bonchev–Trinajstić information content (AvgIpc) is 2.30. The molecule has 2 nitrogen and oxygen atoms in total. The highest BCUT2D eigenvalue weighted by molar-refractivity contribution is 7.98. The van der Waals surface area contributed by atoms with Gasteiger partial charge in [0.2, 0.25) is 0 Å². The first kappa shape index (κ1) is 17.3. The zero-order chi connectivity index (χ0) is 13.3. The molecule has 0 spiro atoms. The van der Waals surface area contributed by atoms with Gasteiger partial charge < -0.3 is 5.32 Å². The second-order valence-electron chi connectivity index (χ2n) is 5.42. The van der Waals surface area contributed by atoms with Crippen molar-refractivity contribution in [3.05, 3.63) is 0 Å². The minimum Gasteiger partial charge on any atom is -0.316 e. The van der Waals surface area contributed by atoms with E-state index in [1.165, 1.54) is 18.6 Å². The molecule has 0 radical (unpaired) electrons. The summed E-state index contributed by atoms with van der Waals surface area (Å²) in [6.07, 6.45) is 4.70. The summed E-state index contributed by atoms with van der Waals surface area (Å²) in [4.78, 5) is 2.55. The van der Waals surface area contributed by atoms with Crippen LogP contribution in [0, 0.1) is 5.92 Å². The normalized spacial score (nSPS) is 15.5. The highest BCUT2D eigenvalue weighted by atomic mass is 32.2. The smallest absolute Gasteiger partial charge is 0.0183 e. The van der Waals surface area contributed by atoms with E-state index >= 15 is 0 Å². The van der Waals surface area contributed by atoms with Crippen LogP contribution in [0.2, 0.25) is 0 Å². The van der Waals surface area contributed by atoms with Crippen molar-refractivity contribution in [1.82, 2.24) is 10.2 Å². The van der Waals surface area contributed by atoms with Crippen molar-refractivity contribution in [2.75, 3.05) is 32.1 Å². The van der Waals surface area contributed by atoms with E-state index in [1.54, 1.807) is 0 Å². The van der Waals surface area contributed by atoms with Gasteiger partial charge >= 0.3 is 0 Å². The van der Waals surface area contributed by atoms with Crippen LogP contribution in [-0.2, 0) is 0 Å². The Labute approximate surface area is 113 Å². The molecule has 3 heteroatoms. The highest BCUT2D eigenvalue weighted by Crippen LogP contribution is 2.13. The van der Waals surface area contributed by atoms with Gasteiger partial charge in [-0.2, -0.15) is 11.8 Å². The third kappa shape index (κ3) is 8.06. The molecule has 0 saturated carbocycles. The number of hydrogen-bond donors (Lipinski definition) is 1. The largest absolute Gasteiger partial charge is 0.316 e. The van der Waals surface area contributed by atoms with Gasteiger partial charge in [0, 0.05) is 17.8 Å². The summed E-state index contributed by atoms with van der Waals surface area (Å²) in [6.45, 7) is 11.4. The summed E-state index contributed by atoms with van der Waals surface area (Å²) in [5.41, 5.74) is 0. The van der Waals surface area contributed by atoms with Crippen LogP contribution in [-0.4, -0.2) is 49.1 Å². The lowest BCUT2D eigenvalue weighted by Crippen LogP contribution is -2.41. The first-order valence-electron chi connectivity index (χ1n) is 6.94. The summed E-state index contributed by atoms with van der Waals surface area (Å²) >= 11 is 1.96. The van der Waals surface area contributed by atoms with Crippen molar-refractivity contribution in [1.29, 1.82) is 0 Å².